The van der Waals surface area contributed by atoms with Crippen LogP contribution in [0.1, 0.15) is 35.2 Å². The van der Waals surface area contributed by atoms with Crippen LogP contribution >= 0.6 is 11.3 Å². The van der Waals surface area contributed by atoms with Gasteiger partial charge in [0.25, 0.3) is 11.2 Å². The van der Waals surface area contributed by atoms with Crippen LogP contribution < -0.4 is 33.8 Å². The average molecular weight is 708 g/mol. The number of fused-ring (bicyclic) bond motifs is 1. The maximum atomic E-state index is 14.4. The van der Waals surface area contributed by atoms with Gasteiger partial charge in [-0.25, -0.2) is 9.79 Å². The number of rotatable bonds is 12. The quantitative estimate of drug-likeness (QED) is 0.0941. The van der Waals surface area contributed by atoms with E-state index >= 15 is 0 Å². The molecule has 0 fully saturated rings. The minimum Gasteiger partial charge on any atom is -0.493 e. The number of benzene rings is 4. The Labute approximate surface area is 296 Å². The molecule has 51 heavy (non-hydrogen) atoms. The first-order valence-electron chi connectivity index (χ1n) is 15.8. The predicted octanol–water partition coefficient (Wildman–Crippen LogP) is 5.45. The molecule has 0 N–H and O–H groups in total. The summed E-state index contributed by atoms with van der Waals surface area (Å²) < 4.78 is 29.6. The fourth-order valence-corrected chi connectivity index (χ4v) is 6.76. The Morgan fingerprint density at radius 3 is 2.22 bits per heavy atom. The molecule has 0 saturated heterocycles. The number of carbonyl (C=O) groups is 1. The summed E-state index contributed by atoms with van der Waals surface area (Å²) in [6.45, 7) is 1.94. The molecule has 0 aliphatic carbocycles. The number of carbonyl (C=O) groups excluding carboxylic acids is 1. The first kappa shape index (κ1) is 34.6. The van der Waals surface area contributed by atoms with Crippen molar-refractivity contribution >= 4 is 34.8 Å². The number of nitro groups is 1. The molecule has 6 rings (SSSR count). The van der Waals surface area contributed by atoms with Crippen molar-refractivity contribution in [3.05, 3.63) is 149 Å². The summed E-state index contributed by atoms with van der Waals surface area (Å²) in [4.78, 5) is 45.2. The molecule has 1 aliphatic rings. The number of methoxy groups -OCH3 is 3. The van der Waals surface area contributed by atoms with Gasteiger partial charge in [-0.2, -0.15) is 0 Å². The van der Waals surface area contributed by atoms with Gasteiger partial charge in [0.2, 0.25) is 0 Å². The molecule has 0 bridgehead atoms. The van der Waals surface area contributed by atoms with Gasteiger partial charge < -0.3 is 23.7 Å². The number of nitrogens with zero attached hydrogens (tertiary/aromatic N) is 3. The van der Waals surface area contributed by atoms with Gasteiger partial charge in [0.15, 0.2) is 27.8 Å². The van der Waals surface area contributed by atoms with Gasteiger partial charge in [0.1, 0.15) is 6.61 Å². The fraction of sp³-hybridized carbons (Fsp3) is 0.184. The molecule has 1 aliphatic heterocycles. The van der Waals surface area contributed by atoms with Gasteiger partial charge in [-0.05, 0) is 42.3 Å². The van der Waals surface area contributed by atoms with E-state index in [-0.39, 0.29) is 50.9 Å². The summed E-state index contributed by atoms with van der Waals surface area (Å²) in [7, 11) is 4.43. The highest BCUT2D eigenvalue weighted by atomic mass is 32.1. The first-order valence-corrected chi connectivity index (χ1v) is 16.6. The normalized spacial score (nSPS) is 14.0. The van der Waals surface area contributed by atoms with E-state index in [1.807, 2.05) is 60.7 Å². The predicted molar refractivity (Wildman–Crippen MR) is 191 cm³/mol. The van der Waals surface area contributed by atoms with Crippen LogP contribution in [0.2, 0.25) is 0 Å². The van der Waals surface area contributed by atoms with Crippen molar-refractivity contribution in [2.24, 2.45) is 4.99 Å². The summed E-state index contributed by atoms with van der Waals surface area (Å²) in [5.41, 5.74) is 1.80. The molecule has 13 heteroatoms. The number of ether oxygens (including phenoxy) is 5. The van der Waals surface area contributed by atoms with Crippen molar-refractivity contribution in [1.82, 2.24) is 4.57 Å². The van der Waals surface area contributed by atoms with Crippen molar-refractivity contribution in [2.75, 3.05) is 27.9 Å². The van der Waals surface area contributed by atoms with Crippen molar-refractivity contribution < 1.29 is 33.4 Å². The summed E-state index contributed by atoms with van der Waals surface area (Å²) >= 11 is 1.04. The molecule has 1 atom stereocenters. The average Bonchev–Trinajstić information content (AvgIpc) is 3.47. The second kappa shape index (κ2) is 15.1. The molecule has 1 aromatic heterocycles. The van der Waals surface area contributed by atoms with Gasteiger partial charge in [0.05, 0.1) is 66.3 Å². The lowest BCUT2D eigenvalue weighted by Gasteiger charge is -2.26. The second-order valence-corrected chi connectivity index (χ2v) is 12.1. The van der Waals surface area contributed by atoms with E-state index in [0.717, 1.165) is 16.9 Å². The molecule has 0 amide bonds. The van der Waals surface area contributed by atoms with Gasteiger partial charge in [-0.15, -0.1) is 0 Å². The van der Waals surface area contributed by atoms with E-state index in [1.54, 1.807) is 25.1 Å². The van der Waals surface area contributed by atoms with E-state index < -0.39 is 22.5 Å². The lowest BCUT2D eigenvalue weighted by molar-refractivity contribution is -0.385. The molecule has 0 unspecified atom stereocenters. The second-order valence-electron chi connectivity index (χ2n) is 11.1. The molecule has 0 radical (unpaired) electrons. The summed E-state index contributed by atoms with van der Waals surface area (Å²) in [5, 5.41) is 12.4. The molecule has 5 aromatic rings. The van der Waals surface area contributed by atoms with Crippen molar-refractivity contribution in [1.29, 1.82) is 0 Å². The summed E-state index contributed by atoms with van der Waals surface area (Å²) in [6.07, 6.45) is 1.42. The molecule has 0 spiro atoms. The molecule has 12 nitrogen and oxygen atoms in total. The zero-order valence-electron chi connectivity index (χ0n) is 28.2. The lowest BCUT2D eigenvalue weighted by atomic mass is 9.93. The lowest BCUT2D eigenvalue weighted by Crippen LogP contribution is -2.40. The smallest absolute Gasteiger partial charge is 0.338 e. The third-order valence-corrected chi connectivity index (χ3v) is 9.11. The third kappa shape index (κ3) is 6.96. The minimum absolute atomic E-state index is 0.0873. The number of hydrogen-bond donors (Lipinski definition) is 0. The monoisotopic (exact) mass is 707 g/mol. The Kier molecular flexibility index (Phi) is 10.3. The number of aromatic nitrogens is 1. The number of esters is 1. The zero-order valence-corrected chi connectivity index (χ0v) is 29.0. The van der Waals surface area contributed by atoms with Crippen LogP contribution in [0.5, 0.6) is 23.0 Å². The van der Waals surface area contributed by atoms with Crippen LogP contribution in [0.25, 0.3) is 11.8 Å². The maximum absolute atomic E-state index is 14.4. The number of hydrogen-bond acceptors (Lipinski definition) is 11. The molecule has 0 saturated carbocycles. The molecular weight excluding hydrogens is 674 g/mol. The van der Waals surface area contributed by atoms with E-state index in [0.29, 0.717) is 28.3 Å². The van der Waals surface area contributed by atoms with Crippen molar-refractivity contribution in [3.63, 3.8) is 0 Å². The van der Waals surface area contributed by atoms with Crippen LogP contribution in [-0.4, -0.2) is 43.4 Å². The molecular formula is C38H33N3O9S. The highest BCUT2D eigenvalue weighted by molar-refractivity contribution is 7.07. The Morgan fingerprint density at radius 1 is 0.902 bits per heavy atom. The Morgan fingerprint density at radius 2 is 1.57 bits per heavy atom. The van der Waals surface area contributed by atoms with Gasteiger partial charge >= 0.3 is 5.97 Å². The van der Waals surface area contributed by atoms with Crippen LogP contribution in [0, 0.1) is 10.1 Å². The largest absolute Gasteiger partial charge is 0.493 e. The molecule has 260 valence electrons. The van der Waals surface area contributed by atoms with Crippen molar-refractivity contribution in [2.45, 2.75) is 19.6 Å². The van der Waals surface area contributed by atoms with Crippen LogP contribution in [-0.2, 0) is 16.1 Å². The number of nitro benzene ring substituents is 1. The number of thiazole rings is 1. The van der Waals surface area contributed by atoms with Crippen LogP contribution in [0.4, 0.5) is 5.69 Å². The van der Waals surface area contributed by atoms with E-state index in [9.17, 15) is 19.7 Å². The summed E-state index contributed by atoms with van der Waals surface area (Å²) in [5.74, 6) is 0.606. The Bertz CT molecular complexity index is 2320. The highest BCUT2D eigenvalue weighted by Crippen LogP contribution is 2.39. The first-order chi connectivity index (χ1) is 24.8. The van der Waals surface area contributed by atoms with Crippen LogP contribution in [0.15, 0.2) is 106 Å². The maximum Gasteiger partial charge on any atom is 0.338 e. The highest BCUT2D eigenvalue weighted by Gasteiger charge is 2.36. The molecule has 2 heterocycles. The topological polar surface area (TPSA) is 141 Å². The molecule has 4 aromatic carbocycles. The van der Waals surface area contributed by atoms with E-state index in [2.05, 4.69) is 0 Å². The fourth-order valence-electron chi connectivity index (χ4n) is 5.77. The summed E-state index contributed by atoms with van der Waals surface area (Å²) in [6, 6.07) is 25.3. The minimum atomic E-state index is -1.00. The Hall–Kier alpha value is -6.21. The third-order valence-electron chi connectivity index (χ3n) is 8.13. The standard InChI is InChI=1S/C38H33N3O9S/c1-5-49-37(43)33-34(24-14-10-7-11-15-24)39-38-40(35(33)25-16-17-28(46-2)29(18-25)47-3)36(42)32(51-38)20-26-19-30(48-4)31(21-27(26)41(44)45)50-22-23-12-8-6-9-13-23/h6-21,35H,5,22H2,1-4H3/b32-20-/t35-/m0/s1. The van der Waals surface area contributed by atoms with Gasteiger partial charge in [0, 0.05) is 5.56 Å². The zero-order chi connectivity index (χ0) is 36.1. The SMILES string of the molecule is CCOC(=O)C1=C(c2ccccc2)N=c2s/c(=C\c3cc(OC)c(OCc4ccccc4)cc3[N+](=O)[O-])c(=O)n2[C@H]1c1ccc(OC)c(OC)c1. The Balaban J connectivity index is 1.57. The van der Waals surface area contributed by atoms with E-state index in [1.165, 1.54) is 44.1 Å². The van der Waals surface area contributed by atoms with Gasteiger partial charge in [-0.1, -0.05) is 78.1 Å². The van der Waals surface area contributed by atoms with Crippen LogP contribution in [0.3, 0.4) is 0 Å². The van der Waals surface area contributed by atoms with Gasteiger partial charge in [-0.3, -0.25) is 19.5 Å². The van der Waals surface area contributed by atoms with Crippen molar-refractivity contribution in [3.8, 4) is 23.0 Å². The van der Waals surface area contributed by atoms with E-state index in [4.69, 9.17) is 28.7 Å².